The predicted octanol–water partition coefficient (Wildman–Crippen LogP) is 16.2. The number of esters is 1. The van der Waals surface area contributed by atoms with E-state index in [0.29, 0.717) is 19.3 Å². The summed E-state index contributed by atoms with van der Waals surface area (Å²) in [4.78, 5) is 26.2. The molecule has 364 valence electrons. The zero-order valence-electron chi connectivity index (χ0n) is 41.4. The van der Waals surface area contributed by atoms with Gasteiger partial charge in [0.1, 0.15) is 6.10 Å². The van der Waals surface area contributed by atoms with Crippen LogP contribution in [0.3, 0.4) is 0 Å². The summed E-state index contributed by atoms with van der Waals surface area (Å²) in [6.45, 7) is 6.33. The Bertz CT molecular complexity index is 1170. The average Bonchev–Trinajstić information content (AvgIpc) is 3.28. The number of hydrogen-bond acceptors (Lipinski definition) is 5. The first-order valence-corrected chi connectivity index (χ1v) is 26.7. The van der Waals surface area contributed by atoms with Crippen LogP contribution >= 0.6 is 0 Å². The zero-order valence-corrected chi connectivity index (χ0v) is 41.4. The van der Waals surface area contributed by atoms with Crippen LogP contribution in [0.2, 0.25) is 0 Å². The van der Waals surface area contributed by atoms with Gasteiger partial charge in [0.2, 0.25) is 5.91 Å². The predicted molar refractivity (Wildman–Crippen MR) is 273 cm³/mol. The monoisotopic (exact) mass is 880 g/mol. The summed E-state index contributed by atoms with van der Waals surface area (Å²) in [7, 11) is 0. The normalized spacial score (nSPS) is 13.8. The Labute approximate surface area is 390 Å². The molecule has 0 aliphatic rings. The number of hydrogen-bond donors (Lipinski definition) is 3. The average molecular weight is 880 g/mol. The third-order valence-electron chi connectivity index (χ3n) is 11.9. The lowest BCUT2D eigenvalue weighted by Gasteiger charge is -2.24. The van der Waals surface area contributed by atoms with E-state index in [2.05, 4.69) is 74.7 Å². The Morgan fingerprint density at radius 2 is 0.857 bits per heavy atom. The fourth-order valence-corrected chi connectivity index (χ4v) is 7.84. The number of carbonyl (C=O) groups is 2. The molecule has 0 aromatic carbocycles. The highest BCUT2D eigenvalue weighted by atomic mass is 16.5. The van der Waals surface area contributed by atoms with Crippen molar-refractivity contribution < 1.29 is 24.5 Å². The van der Waals surface area contributed by atoms with Gasteiger partial charge in [-0.2, -0.15) is 0 Å². The van der Waals surface area contributed by atoms with Crippen LogP contribution in [0, 0.1) is 0 Å². The standard InChI is InChI=1S/C57H101NO5/c1-4-7-10-13-16-19-22-25-27-29-32-35-38-41-44-47-50-57(62)63-53(48-45-42-39-36-33-30-24-21-18-15-12-9-6-3)51-56(61)58-54(52-59)55(60)49-46-43-40-37-34-31-28-26-23-20-17-14-11-8-5-2/h9,12,15,18,21,24,27,29-30,32-33,35,53-55,59-60H,4-8,10-11,13-14,16-17,19-20,22-23,25-26,28,31,34,36-52H2,1-3H3,(H,58,61)/b12-9+,18-15+,24-21+,29-27+,33-30-,35-32+. The molecule has 0 saturated heterocycles. The molecule has 0 heterocycles. The van der Waals surface area contributed by atoms with Crippen LogP contribution in [0.5, 0.6) is 0 Å². The number of allylic oxidation sites excluding steroid dienone is 12. The molecule has 3 unspecified atom stereocenters. The number of aliphatic hydroxyl groups is 2. The molecule has 0 rings (SSSR count). The SMILES string of the molecule is CC/C=C/C=C/C=C/C=C\CCCCCC(CC(=O)NC(CO)C(O)CCCCCCCCCCCCCCCCC)OC(=O)CCCCC/C=C/C=C/CCCCCCCCC. The quantitative estimate of drug-likeness (QED) is 0.0321. The first-order chi connectivity index (χ1) is 31.0. The Hall–Kier alpha value is -2.70. The second-order valence-electron chi connectivity index (χ2n) is 18.0. The molecule has 0 spiro atoms. The minimum Gasteiger partial charge on any atom is -0.462 e. The van der Waals surface area contributed by atoms with Crippen LogP contribution in [-0.4, -0.2) is 46.9 Å². The number of nitrogens with one attached hydrogen (secondary N) is 1. The topological polar surface area (TPSA) is 95.9 Å². The molecule has 3 N–H and O–H groups in total. The van der Waals surface area contributed by atoms with Gasteiger partial charge in [-0.1, -0.05) is 241 Å². The van der Waals surface area contributed by atoms with Crippen molar-refractivity contribution in [2.75, 3.05) is 6.61 Å². The number of carbonyl (C=O) groups excluding carboxylic acids is 2. The van der Waals surface area contributed by atoms with Crippen molar-refractivity contribution in [2.45, 2.75) is 270 Å². The van der Waals surface area contributed by atoms with E-state index in [1.165, 1.54) is 122 Å². The van der Waals surface area contributed by atoms with Gasteiger partial charge in [0.15, 0.2) is 0 Å². The van der Waals surface area contributed by atoms with Gasteiger partial charge < -0.3 is 20.3 Å². The summed E-state index contributed by atoms with van der Waals surface area (Å²) in [6.07, 6.45) is 63.9. The fourth-order valence-electron chi connectivity index (χ4n) is 7.84. The molecule has 6 nitrogen and oxygen atoms in total. The molecule has 0 fully saturated rings. The van der Waals surface area contributed by atoms with Gasteiger partial charge in [-0.15, -0.1) is 0 Å². The number of amides is 1. The maximum Gasteiger partial charge on any atom is 0.306 e. The van der Waals surface area contributed by atoms with Crippen molar-refractivity contribution >= 4 is 11.9 Å². The van der Waals surface area contributed by atoms with Crippen LogP contribution < -0.4 is 5.32 Å². The minimum atomic E-state index is -0.806. The van der Waals surface area contributed by atoms with Crippen molar-refractivity contribution in [3.8, 4) is 0 Å². The smallest absolute Gasteiger partial charge is 0.306 e. The van der Waals surface area contributed by atoms with E-state index in [1.54, 1.807) is 0 Å². The Morgan fingerprint density at radius 1 is 0.476 bits per heavy atom. The molecular weight excluding hydrogens is 779 g/mol. The molecule has 6 heteroatoms. The molecule has 0 aliphatic carbocycles. The Morgan fingerprint density at radius 3 is 1.33 bits per heavy atom. The van der Waals surface area contributed by atoms with Gasteiger partial charge in [-0.05, 0) is 70.6 Å². The molecule has 3 atom stereocenters. The first-order valence-electron chi connectivity index (χ1n) is 26.7. The third kappa shape index (κ3) is 45.7. The molecule has 0 aromatic rings. The van der Waals surface area contributed by atoms with Crippen LogP contribution in [0.25, 0.3) is 0 Å². The summed E-state index contributed by atoms with van der Waals surface area (Å²) < 4.78 is 5.91. The number of unbranched alkanes of at least 4 members (excludes halogenated alkanes) is 27. The highest BCUT2D eigenvalue weighted by Crippen LogP contribution is 2.17. The Kier molecular flexibility index (Phi) is 48.1. The van der Waals surface area contributed by atoms with E-state index in [4.69, 9.17) is 4.74 Å². The van der Waals surface area contributed by atoms with Crippen LogP contribution in [0.15, 0.2) is 72.9 Å². The second kappa shape index (κ2) is 50.3. The van der Waals surface area contributed by atoms with E-state index in [0.717, 1.165) is 83.5 Å². The minimum absolute atomic E-state index is 0.0385. The fraction of sp³-hybridized carbons (Fsp3) is 0.754. The maximum absolute atomic E-state index is 13.2. The van der Waals surface area contributed by atoms with Crippen LogP contribution in [0.4, 0.5) is 0 Å². The van der Waals surface area contributed by atoms with E-state index in [-0.39, 0.29) is 24.9 Å². The van der Waals surface area contributed by atoms with Gasteiger partial charge in [-0.25, -0.2) is 0 Å². The van der Waals surface area contributed by atoms with Gasteiger partial charge in [0.25, 0.3) is 0 Å². The number of ether oxygens (including phenoxy) is 1. The lowest BCUT2D eigenvalue weighted by Crippen LogP contribution is -2.46. The van der Waals surface area contributed by atoms with Crippen molar-refractivity contribution in [3.05, 3.63) is 72.9 Å². The summed E-state index contributed by atoms with van der Waals surface area (Å²) in [5.41, 5.74) is 0. The highest BCUT2D eigenvalue weighted by molar-refractivity contribution is 5.77. The van der Waals surface area contributed by atoms with E-state index >= 15 is 0 Å². The molecule has 0 aromatic heterocycles. The van der Waals surface area contributed by atoms with Crippen molar-refractivity contribution in [1.82, 2.24) is 5.32 Å². The number of aliphatic hydroxyl groups excluding tert-OH is 2. The molecule has 0 saturated carbocycles. The van der Waals surface area contributed by atoms with Crippen LogP contribution in [-0.2, 0) is 14.3 Å². The third-order valence-corrected chi connectivity index (χ3v) is 11.9. The van der Waals surface area contributed by atoms with Gasteiger partial charge in [-0.3, -0.25) is 9.59 Å². The lowest BCUT2D eigenvalue weighted by molar-refractivity contribution is -0.151. The molecule has 0 aliphatic heterocycles. The van der Waals surface area contributed by atoms with E-state index in [9.17, 15) is 19.8 Å². The maximum atomic E-state index is 13.2. The second-order valence-corrected chi connectivity index (χ2v) is 18.0. The van der Waals surface area contributed by atoms with Crippen molar-refractivity contribution in [1.29, 1.82) is 0 Å². The molecule has 63 heavy (non-hydrogen) atoms. The van der Waals surface area contributed by atoms with Gasteiger partial charge in [0.05, 0.1) is 25.2 Å². The van der Waals surface area contributed by atoms with Crippen molar-refractivity contribution in [3.63, 3.8) is 0 Å². The van der Waals surface area contributed by atoms with Crippen LogP contribution in [0.1, 0.15) is 252 Å². The Balaban J connectivity index is 4.64. The summed E-state index contributed by atoms with van der Waals surface area (Å²) in [5.74, 6) is -0.544. The summed E-state index contributed by atoms with van der Waals surface area (Å²) in [5, 5.41) is 23.8. The van der Waals surface area contributed by atoms with Gasteiger partial charge >= 0.3 is 5.97 Å². The molecular formula is C57H101NO5. The zero-order chi connectivity index (χ0) is 45.9. The molecule has 0 bridgehead atoms. The molecule has 1 amide bonds. The number of rotatable bonds is 47. The summed E-state index contributed by atoms with van der Waals surface area (Å²) >= 11 is 0. The largest absolute Gasteiger partial charge is 0.462 e. The first kappa shape index (κ1) is 60.3. The lowest BCUT2D eigenvalue weighted by atomic mass is 10.0. The van der Waals surface area contributed by atoms with Gasteiger partial charge in [0, 0.05) is 6.42 Å². The highest BCUT2D eigenvalue weighted by Gasteiger charge is 2.24. The summed E-state index contributed by atoms with van der Waals surface area (Å²) in [6, 6.07) is -0.723. The van der Waals surface area contributed by atoms with Crippen molar-refractivity contribution in [2.24, 2.45) is 0 Å². The van der Waals surface area contributed by atoms with E-state index in [1.807, 2.05) is 24.3 Å². The molecule has 0 radical (unpaired) electrons. The van der Waals surface area contributed by atoms with E-state index < -0.39 is 18.2 Å².